The zero-order valence-corrected chi connectivity index (χ0v) is 13.6. The lowest BCUT2D eigenvalue weighted by Crippen LogP contribution is -2.45. The summed E-state index contributed by atoms with van der Waals surface area (Å²) in [5.41, 5.74) is -3.76. The third-order valence-corrected chi connectivity index (χ3v) is 4.53. The Hall–Kier alpha value is -0.930. The van der Waals surface area contributed by atoms with E-state index < -0.39 is 24.1 Å². The van der Waals surface area contributed by atoms with Crippen molar-refractivity contribution in [2.24, 2.45) is 0 Å². The Bertz CT molecular complexity index is 508. The molecule has 0 bridgehead atoms. The highest BCUT2D eigenvalue weighted by Crippen LogP contribution is 2.38. The molecule has 1 aromatic carbocycles. The standard InChI is InChI=1S/C15H18F6N2S/c16-14(17,18)6-5-13(23-9-7-22-8-10-23)11-1-3-12(4-2-11)24-15(19,20)21/h1-4,13,22H,5-10H2/t13-/m0/s1. The summed E-state index contributed by atoms with van der Waals surface area (Å²) in [4.78, 5) is 1.98. The number of benzene rings is 1. The maximum Gasteiger partial charge on any atom is 0.446 e. The number of halogens is 6. The fraction of sp³-hybridized carbons (Fsp3) is 0.600. The highest BCUT2D eigenvalue weighted by molar-refractivity contribution is 8.00. The number of hydrogen-bond acceptors (Lipinski definition) is 3. The van der Waals surface area contributed by atoms with Gasteiger partial charge in [0.25, 0.3) is 0 Å². The van der Waals surface area contributed by atoms with Crippen molar-refractivity contribution in [2.75, 3.05) is 26.2 Å². The first-order valence-corrected chi connectivity index (χ1v) is 8.33. The summed E-state index contributed by atoms with van der Waals surface area (Å²) in [5, 5.41) is 3.14. The molecule has 0 radical (unpaired) electrons. The van der Waals surface area contributed by atoms with E-state index >= 15 is 0 Å². The molecular formula is C15H18F6N2S. The molecule has 2 rings (SSSR count). The third kappa shape index (κ3) is 6.52. The lowest BCUT2D eigenvalue weighted by atomic mass is 9.99. The summed E-state index contributed by atoms with van der Waals surface area (Å²) < 4.78 is 74.9. The normalized spacial score (nSPS) is 18.6. The fourth-order valence-corrected chi connectivity index (χ4v) is 3.29. The Labute approximate surface area is 140 Å². The van der Waals surface area contributed by atoms with Crippen molar-refractivity contribution in [3.05, 3.63) is 29.8 Å². The van der Waals surface area contributed by atoms with E-state index in [2.05, 4.69) is 5.32 Å². The van der Waals surface area contributed by atoms with Crippen LogP contribution in [0.1, 0.15) is 24.4 Å². The molecule has 136 valence electrons. The summed E-state index contributed by atoms with van der Waals surface area (Å²) >= 11 is -0.229. The average Bonchev–Trinajstić information content (AvgIpc) is 2.47. The first-order chi connectivity index (χ1) is 11.1. The Morgan fingerprint density at radius 2 is 1.58 bits per heavy atom. The quantitative estimate of drug-likeness (QED) is 0.601. The molecule has 1 saturated heterocycles. The number of rotatable bonds is 5. The van der Waals surface area contributed by atoms with Gasteiger partial charge in [0.2, 0.25) is 0 Å². The van der Waals surface area contributed by atoms with Gasteiger partial charge in [-0.3, -0.25) is 4.90 Å². The van der Waals surface area contributed by atoms with Gasteiger partial charge in [0, 0.05) is 43.5 Å². The molecule has 0 saturated carbocycles. The first kappa shape index (κ1) is 19.4. The molecule has 9 heteroatoms. The van der Waals surface area contributed by atoms with E-state index in [1.165, 1.54) is 24.3 Å². The van der Waals surface area contributed by atoms with Crippen LogP contribution >= 0.6 is 11.8 Å². The number of piperazine rings is 1. The van der Waals surface area contributed by atoms with Crippen LogP contribution in [0.5, 0.6) is 0 Å². The van der Waals surface area contributed by atoms with Gasteiger partial charge in [-0.05, 0) is 35.9 Å². The average molecular weight is 372 g/mol. The smallest absolute Gasteiger partial charge is 0.314 e. The molecule has 0 amide bonds. The van der Waals surface area contributed by atoms with Crippen LogP contribution in [0.4, 0.5) is 26.3 Å². The van der Waals surface area contributed by atoms with Gasteiger partial charge in [-0.2, -0.15) is 26.3 Å². The van der Waals surface area contributed by atoms with Crippen molar-refractivity contribution < 1.29 is 26.3 Å². The summed E-state index contributed by atoms with van der Waals surface area (Å²) in [6.45, 7) is 2.60. The highest BCUT2D eigenvalue weighted by Gasteiger charge is 2.32. The molecule has 0 aromatic heterocycles. The van der Waals surface area contributed by atoms with E-state index in [9.17, 15) is 26.3 Å². The predicted octanol–water partition coefficient (Wildman–Crippen LogP) is 4.59. The van der Waals surface area contributed by atoms with Gasteiger partial charge in [0.05, 0.1) is 0 Å². The topological polar surface area (TPSA) is 15.3 Å². The molecule has 1 atom stereocenters. The van der Waals surface area contributed by atoms with Crippen LogP contribution < -0.4 is 5.32 Å². The molecular weight excluding hydrogens is 354 g/mol. The zero-order chi connectivity index (χ0) is 17.8. The Morgan fingerprint density at radius 1 is 1.00 bits per heavy atom. The lowest BCUT2D eigenvalue weighted by Gasteiger charge is -2.35. The third-order valence-electron chi connectivity index (χ3n) is 3.79. The molecule has 0 aliphatic carbocycles. The van der Waals surface area contributed by atoms with Gasteiger partial charge in [0.15, 0.2) is 0 Å². The minimum absolute atomic E-state index is 0.0288. The lowest BCUT2D eigenvalue weighted by molar-refractivity contribution is -0.138. The summed E-state index contributed by atoms with van der Waals surface area (Å²) in [6, 6.07) is 5.18. The minimum Gasteiger partial charge on any atom is -0.314 e. The largest absolute Gasteiger partial charge is 0.446 e. The maximum absolute atomic E-state index is 12.6. The van der Waals surface area contributed by atoms with Crippen LogP contribution in [-0.2, 0) is 0 Å². The number of alkyl halides is 6. The minimum atomic E-state index is -4.38. The van der Waals surface area contributed by atoms with Crippen LogP contribution in [0, 0.1) is 0 Å². The fourth-order valence-electron chi connectivity index (χ4n) is 2.75. The molecule has 1 heterocycles. The second kappa shape index (κ2) is 7.97. The SMILES string of the molecule is FC(F)(F)CC[C@@H](c1ccc(SC(F)(F)F)cc1)N1CCNCC1. The number of nitrogens with zero attached hydrogens (tertiary/aromatic N) is 1. The molecule has 1 N–H and O–H groups in total. The Kier molecular flexibility index (Phi) is 6.44. The predicted molar refractivity (Wildman–Crippen MR) is 80.8 cm³/mol. The number of nitrogens with one attached hydrogen (secondary N) is 1. The molecule has 0 spiro atoms. The number of hydrogen-bond donors (Lipinski definition) is 1. The Balaban J connectivity index is 2.12. The van der Waals surface area contributed by atoms with Crippen molar-refractivity contribution in [1.82, 2.24) is 10.2 Å². The van der Waals surface area contributed by atoms with Crippen LogP contribution in [0.3, 0.4) is 0 Å². The van der Waals surface area contributed by atoms with Crippen molar-refractivity contribution in [2.45, 2.75) is 35.5 Å². The van der Waals surface area contributed by atoms with E-state index in [4.69, 9.17) is 0 Å². The summed E-state index contributed by atoms with van der Waals surface area (Å²) in [7, 11) is 0. The van der Waals surface area contributed by atoms with E-state index in [-0.39, 0.29) is 23.1 Å². The zero-order valence-electron chi connectivity index (χ0n) is 12.8. The van der Waals surface area contributed by atoms with Crippen molar-refractivity contribution >= 4 is 11.8 Å². The number of thioether (sulfide) groups is 1. The molecule has 1 fully saturated rings. The van der Waals surface area contributed by atoms with Gasteiger partial charge >= 0.3 is 11.7 Å². The first-order valence-electron chi connectivity index (χ1n) is 7.51. The summed E-state index contributed by atoms with van der Waals surface area (Å²) in [5.74, 6) is 0. The molecule has 1 aromatic rings. The molecule has 1 aliphatic rings. The van der Waals surface area contributed by atoms with Crippen LogP contribution in [0.2, 0.25) is 0 Å². The molecule has 2 nitrogen and oxygen atoms in total. The molecule has 24 heavy (non-hydrogen) atoms. The van der Waals surface area contributed by atoms with Crippen LogP contribution in [0.15, 0.2) is 29.2 Å². The van der Waals surface area contributed by atoms with E-state index in [0.717, 1.165) is 0 Å². The van der Waals surface area contributed by atoms with Crippen molar-refractivity contribution in [1.29, 1.82) is 0 Å². The second-order valence-electron chi connectivity index (χ2n) is 5.57. The van der Waals surface area contributed by atoms with Gasteiger partial charge < -0.3 is 5.32 Å². The second-order valence-corrected chi connectivity index (χ2v) is 6.71. The van der Waals surface area contributed by atoms with E-state index in [1.807, 2.05) is 4.90 Å². The van der Waals surface area contributed by atoms with Gasteiger partial charge in [-0.25, -0.2) is 0 Å². The van der Waals surface area contributed by atoms with Gasteiger partial charge in [-0.1, -0.05) is 12.1 Å². The molecule has 0 unspecified atom stereocenters. The highest BCUT2D eigenvalue weighted by atomic mass is 32.2. The van der Waals surface area contributed by atoms with E-state index in [1.54, 1.807) is 0 Å². The Morgan fingerprint density at radius 3 is 2.08 bits per heavy atom. The van der Waals surface area contributed by atoms with E-state index in [0.29, 0.717) is 31.7 Å². The van der Waals surface area contributed by atoms with Crippen LogP contribution in [-0.4, -0.2) is 42.8 Å². The van der Waals surface area contributed by atoms with Gasteiger partial charge in [-0.15, -0.1) is 0 Å². The van der Waals surface area contributed by atoms with Crippen molar-refractivity contribution in [3.63, 3.8) is 0 Å². The summed E-state index contributed by atoms with van der Waals surface area (Å²) in [6.07, 6.45) is -5.27. The molecule has 1 aliphatic heterocycles. The van der Waals surface area contributed by atoms with Crippen molar-refractivity contribution in [3.8, 4) is 0 Å². The van der Waals surface area contributed by atoms with Gasteiger partial charge in [0.1, 0.15) is 0 Å². The maximum atomic E-state index is 12.6. The van der Waals surface area contributed by atoms with Crippen LogP contribution in [0.25, 0.3) is 0 Å². The monoisotopic (exact) mass is 372 g/mol.